The van der Waals surface area contributed by atoms with Crippen LogP contribution in [0.15, 0.2) is 58.5 Å². The van der Waals surface area contributed by atoms with E-state index in [1.807, 2.05) is 42.5 Å². The molecule has 130 valence electrons. The molecule has 0 saturated carbocycles. The molecule has 4 aromatic rings. The van der Waals surface area contributed by atoms with Crippen LogP contribution in [0.2, 0.25) is 10.0 Å². The van der Waals surface area contributed by atoms with Crippen LogP contribution >= 0.6 is 35.0 Å². The molecule has 0 unspecified atom stereocenters. The Kier molecular flexibility index (Phi) is 4.67. The number of halogens is 2. The predicted molar refractivity (Wildman–Crippen MR) is 103 cm³/mol. The van der Waals surface area contributed by atoms with Gasteiger partial charge >= 0.3 is 5.69 Å². The molecule has 0 atom stereocenters. The van der Waals surface area contributed by atoms with Crippen molar-refractivity contribution >= 4 is 40.7 Å². The van der Waals surface area contributed by atoms with E-state index in [1.165, 1.54) is 11.8 Å². The SMILES string of the molecule is O=c1nc(SCc2cccc(Cl)c2Cl)[nH]c2nc(-c3ccccc3)nn12. The van der Waals surface area contributed by atoms with Crippen molar-refractivity contribution in [3.8, 4) is 11.4 Å². The van der Waals surface area contributed by atoms with Crippen molar-refractivity contribution < 1.29 is 0 Å². The number of thioether (sulfide) groups is 1. The van der Waals surface area contributed by atoms with Gasteiger partial charge in [0.15, 0.2) is 11.0 Å². The van der Waals surface area contributed by atoms with Crippen LogP contribution in [0.1, 0.15) is 5.56 Å². The lowest BCUT2D eigenvalue weighted by Gasteiger charge is -2.05. The zero-order valence-electron chi connectivity index (χ0n) is 13.2. The number of fused-ring (bicyclic) bond motifs is 1. The molecule has 0 amide bonds. The van der Waals surface area contributed by atoms with Crippen LogP contribution in [0, 0.1) is 0 Å². The highest BCUT2D eigenvalue weighted by molar-refractivity contribution is 7.98. The summed E-state index contributed by atoms with van der Waals surface area (Å²) in [5, 5.41) is 5.65. The van der Waals surface area contributed by atoms with Gasteiger partial charge in [0.25, 0.3) is 0 Å². The third kappa shape index (κ3) is 3.33. The fourth-order valence-electron chi connectivity index (χ4n) is 2.37. The fraction of sp³-hybridized carbons (Fsp3) is 0.0588. The molecule has 2 aromatic heterocycles. The molecule has 9 heteroatoms. The summed E-state index contributed by atoms with van der Waals surface area (Å²) in [5.74, 6) is 1.31. The summed E-state index contributed by atoms with van der Waals surface area (Å²) in [7, 11) is 0. The third-order valence-corrected chi connectivity index (χ3v) is 5.41. The van der Waals surface area contributed by atoms with E-state index in [-0.39, 0.29) is 0 Å². The minimum absolute atomic E-state index is 0.337. The standard InChI is InChI=1S/C17H11Cl2N5OS/c18-12-8-4-7-11(13(12)19)9-26-16-21-15-20-14(10-5-2-1-3-6-10)23-24(15)17(25)22-16/h1-8H,9H2,(H,20,21,22,23,25). The molecule has 0 aliphatic rings. The predicted octanol–water partition coefficient (Wildman–Crippen LogP) is 4.08. The van der Waals surface area contributed by atoms with Crippen LogP contribution in [-0.4, -0.2) is 24.6 Å². The second-order valence-corrected chi connectivity index (χ2v) is 7.11. The smallest absolute Gasteiger partial charge is 0.303 e. The van der Waals surface area contributed by atoms with Gasteiger partial charge in [-0.25, -0.2) is 4.79 Å². The number of hydrogen-bond acceptors (Lipinski definition) is 5. The Balaban J connectivity index is 1.65. The van der Waals surface area contributed by atoms with E-state index in [0.29, 0.717) is 32.6 Å². The van der Waals surface area contributed by atoms with E-state index in [4.69, 9.17) is 23.2 Å². The molecule has 2 aromatic carbocycles. The van der Waals surface area contributed by atoms with Gasteiger partial charge in [0.2, 0.25) is 5.78 Å². The molecule has 2 heterocycles. The average Bonchev–Trinajstić information content (AvgIpc) is 3.08. The highest BCUT2D eigenvalue weighted by atomic mass is 35.5. The number of benzene rings is 2. The minimum Gasteiger partial charge on any atom is -0.303 e. The summed E-state index contributed by atoms with van der Waals surface area (Å²) in [6.07, 6.45) is 0. The summed E-state index contributed by atoms with van der Waals surface area (Å²) in [4.78, 5) is 23.7. The Bertz CT molecular complexity index is 1140. The Morgan fingerprint density at radius 3 is 2.65 bits per heavy atom. The van der Waals surface area contributed by atoms with Gasteiger partial charge in [-0.05, 0) is 11.6 Å². The van der Waals surface area contributed by atoms with Gasteiger partial charge in [0.05, 0.1) is 10.0 Å². The van der Waals surface area contributed by atoms with Gasteiger partial charge in [-0.1, -0.05) is 77.4 Å². The molecule has 0 aliphatic heterocycles. The summed E-state index contributed by atoms with van der Waals surface area (Å²) >= 11 is 13.6. The molecule has 6 nitrogen and oxygen atoms in total. The molecular weight excluding hydrogens is 393 g/mol. The van der Waals surface area contributed by atoms with E-state index in [1.54, 1.807) is 6.07 Å². The zero-order valence-corrected chi connectivity index (χ0v) is 15.5. The maximum atomic E-state index is 12.2. The van der Waals surface area contributed by atoms with E-state index < -0.39 is 5.69 Å². The second kappa shape index (κ2) is 7.11. The first-order chi connectivity index (χ1) is 12.6. The first-order valence-electron chi connectivity index (χ1n) is 7.60. The monoisotopic (exact) mass is 403 g/mol. The molecule has 0 radical (unpaired) electrons. The largest absolute Gasteiger partial charge is 0.373 e. The van der Waals surface area contributed by atoms with E-state index >= 15 is 0 Å². The first-order valence-corrected chi connectivity index (χ1v) is 9.34. The van der Waals surface area contributed by atoms with E-state index in [9.17, 15) is 4.79 Å². The number of aromatic amines is 1. The number of aromatic nitrogens is 5. The number of rotatable bonds is 4. The Hall–Kier alpha value is -2.35. The highest BCUT2D eigenvalue weighted by Gasteiger charge is 2.12. The maximum Gasteiger partial charge on any atom is 0.373 e. The highest BCUT2D eigenvalue weighted by Crippen LogP contribution is 2.29. The van der Waals surface area contributed by atoms with Crippen LogP contribution in [0.25, 0.3) is 17.2 Å². The molecule has 0 bridgehead atoms. The summed E-state index contributed by atoms with van der Waals surface area (Å²) in [5.41, 5.74) is 1.19. The molecule has 0 fully saturated rings. The molecule has 0 spiro atoms. The number of nitrogens with zero attached hydrogens (tertiary/aromatic N) is 4. The van der Waals surface area contributed by atoms with Crippen LogP contribution < -0.4 is 5.69 Å². The van der Waals surface area contributed by atoms with E-state index in [2.05, 4.69) is 20.1 Å². The van der Waals surface area contributed by atoms with Gasteiger partial charge in [-0.15, -0.1) is 9.61 Å². The lowest BCUT2D eigenvalue weighted by molar-refractivity contribution is 0.785. The van der Waals surface area contributed by atoms with Crippen molar-refractivity contribution in [3.63, 3.8) is 0 Å². The number of hydrogen-bond donors (Lipinski definition) is 1. The average molecular weight is 404 g/mol. The van der Waals surface area contributed by atoms with Crippen molar-refractivity contribution in [2.75, 3.05) is 0 Å². The first kappa shape index (κ1) is 17.1. The Labute approximate surface area is 162 Å². The van der Waals surface area contributed by atoms with Gasteiger partial charge in [-0.3, -0.25) is 0 Å². The molecule has 4 rings (SSSR count). The normalized spacial score (nSPS) is 11.2. The fourth-order valence-corrected chi connectivity index (χ4v) is 3.67. The van der Waals surface area contributed by atoms with Crippen LogP contribution in [-0.2, 0) is 5.75 Å². The van der Waals surface area contributed by atoms with Crippen molar-refractivity contribution in [2.24, 2.45) is 0 Å². The Morgan fingerprint density at radius 1 is 1.04 bits per heavy atom. The van der Waals surface area contributed by atoms with Crippen LogP contribution in [0.5, 0.6) is 0 Å². The molecule has 0 saturated heterocycles. The van der Waals surface area contributed by atoms with E-state index in [0.717, 1.165) is 15.6 Å². The molecule has 0 aliphatic carbocycles. The molecule has 1 N–H and O–H groups in total. The van der Waals surface area contributed by atoms with Crippen molar-refractivity contribution in [3.05, 3.63) is 74.6 Å². The lowest BCUT2D eigenvalue weighted by Crippen LogP contribution is -2.19. The second-order valence-electron chi connectivity index (χ2n) is 5.36. The summed E-state index contributed by atoms with van der Waals surface area (Å²) in [6, 6.07) is 14.9. The topological polar surface area (TPSA) is 75.9 Å². The Morgan fingerprint density at radius 2 is 1.85 bits per heavy atom. The van der Waals surface area contributed by atoms with Gasteiger partial charge in [-0.2, -0.15) is 9.97 Å². The quantitative estimate of drug-likeness (QED) is 0.519. The summed E-state index contributed by atoms with van der Waals surface area (Å²) in [6.45, 7) is 0. The lowest BCUT2D eigenvalue weighted by atomic mass is 10.2. The maximum absolute atomic E-state index is 12.2. The summed E-state index contributed by atoms with van der Waals surface area (Å²) < 4.78 is 1.15. The zero-order chi connectivity index (χ0) is 18.1. The van der Waals surface area contributed by atoms with Gasteiger partial charge in [0.1, 0.15) is 0 Å². The van der Waals surface area contributed by atoms with Crippen molar-refractivity contribution in [2.45, 2.75) is 10.9 Å². The minimum atomic E-state index is -0.492. The van der Waals surface area contributed by atoms with Crippen molar-refractivity contribution in [1.82, 2.24) is 24.6 Å². The van der Waals surface area contributed by atoms with Crippen molar-refractivity contribution in [1.29, 1.82) is 0 Å². The molecule has 26 heavy (non-hydrogen) atoms. The van der Waals surface area contributed by atoms with Gasteiger partial charge in [0, 0.05) is 11.3 Å². The van der Waals surface area contributed by atoms with Crippen LogP contribution in [0.3, 0.4) is 0 Å². The molecular formula is C17H11Cl2N5OS. The van der Waals surface area contributed by atoms with Gasteiger partial charge < -0.3 is 4.98 Å². The van der Waals surface area contributed by atoms with Crippen LogP contribution in [0.4, 0.5) is 0 Å². The number of H-pyrrole nitrogens is 1. The number of nitrogens with one attached hydrogen (secondary N) is 1. The third-order valence-electron chi connectivity index (χ3n) is 3.63.